The van der Waals surface area contributed by atoms with Crippen LogP contribution in [-0.2, 0) is 25.9 Å². The molecule has 136 valence electrons. The summed E-state index contributed by atoms with van der Waals surface area (Å²) in [5.74, 6) is 0. The fraction of sp³-hybridized carbons (Fsp3) is 0.444. The second-order valence-electron chi connectivity index (χ2n) is 7.39. The Hall–Kier alpha value is -0.427. The second kappa shape index (κ2) is 10.4. The van der Waals surface area contributed by atoms with Gasteiger partial charge in [0.2, 0.25) is 0 Å². The Morgan fingerprint density at radius 3 is 1.65 bits per heavy atom. The van der Waals surface area contributed by atoms with Crippen molar-refractivity contribution in [2.24, 2.45) is 0 Å². The van der Waals surface area contributed by atoms with Gasteiger partial charge in [0.05, 0.1) is 0 Å². The smallest absolute Gasteiger partial charge is 0.134 e. The summed E-state index contributed by atoms with van der Waals surface area (Å²) in [6.45, 7) is 12.6. The summed E-state index contributed by atoms with van der Waals surface area (Å²) in [6.07, 6.45) is 0. The minimum Gasteiger partial charge on any atom is -0.748 e. The largest absolute Gasteiger partial charge is 0.748 e. The predicted molar refractivity (Wildman–Crippen MR) is 102 cm³/mol. The van der Waals surface area contributed by atoms with Gasteiger partial charge < -0.3 is 38.3 Å². The maximum atomic E-state index is 5.71. The zero-order valence-electron chi connectivity index (χ0n) is 15.2. The first-order chi connectivity index (χ1) is 10.2. The first-order valence-electron chi connectivity index (χ1n) is 7.85. The summed E-state index contributed by atoms with van der Waals surface area (Å²) < 4.78 is 11.4. The molecule has 0 N–H and O–H groups in total. The molecule has 0 aromatic heterocycles. The molecule has 5 heteroatoms. The van der Waals surface area contributed by atoms with Gasteiger partial charge in [0, 0.05) is 28.3 Å². The normalized spacial score (nSPS) is 12.4. The quantitative estimate of drug-likeness (QED) is 0.586. The SMILES string of the molecule is CC(C)(C)O[SiH2][c-]1[cH-][cH-][cH-][cH-]1.CC(C)(C)O[SiH2][c-]1cccc1.[Fe]. The van der Waals surface area contributed by atoms with E-state index in [1.165, 1.54) is 10.4 Å². The first kappa shape index (κ1) is 22.6. The van der Waals surface area contributed by atoms with Crippen molar-refractivity contribution in [1.29, 1.82) is 0 Å². The van der Waals surface area contributed by atoms with Gasteiger partial charge in [-0.05, 0) is 51.3 Å². The molecule has 2 rings (SSSR count). The third-order valence-corrected chi connectivity index (χ3v) is 6.44. The summed E-state index contributed by atoms with van der Waals surface area (Å²) in [4.78, 5) is 0. The van der Waals surface area contributed by atoms with Crippen LogP contribution in [0.1, 0.15) is 41.5 Å². The van der Waals surface area contributed by atoms with Gasteiger partial charge >= 0.3 is 0 Å². The van der Waals surface area contributed by atoms with Crippen molar-refractivity contribution < 1.29 is 25.9 Å². The molecule has 0 radical (unpaired) electrons. The predicted octanol–water partition coefficient (Wildman–Crippen LogP) is 1.86. The van der Waals surface area contributed by atoms with Gasteiger partial charge in [0.15, 0.2) is 0 Å². The van der Waals surface area contributed by atoms with E-state index >= 15 is 0 Å². The number of hydrogen-bond donors (Lipinski definition) is 0. The Morgan fingerprint density at radius 2 is 1.22 bits per heavy atom. The third kappa shape index (κ3) is 12.6. The van der Waals surface area contributed by atoms with Crippen LogP contribution in [0.25, 0.3) is 0 Å². The van der Waals surface area contributed by atoms with Crippen LogP contribution >= 0.6 is 0 Å². The molecule has 0 atom stereocenters. The minimum absolute atomic E-state index is 0. The van der Waals surface area contributed by atoms with Gasteiger partial charge in [0.1, 0.15) is 9.76 Å². The van der Waals surface area contributed by atoms with E-state index in [0.29, 0.717) is 0 Å². The van der Waals surface area contributed by atoms with Crippen molar-refractivity contribution >= 4 is 29.9 Å². The third-order valence-electron chi connectivity index (χ3n) is 2.81. The molecule has 0 bridgehead atoms. The number of hydrogen-bond acceptors (Lipinski definition) is 2. The summed E-state index contributed by atoms with van der Waals surface area (Å²) in [6, 6.07) is 16.8. The van der Waals surface area contributed by atoms with Crippen molar-refractivity contribution in [3.8, 4) is 0 Å². The zero-order valence-corrected chi connectivity index (χ0v) is 19.1. The van der Waals surface area contributed by atoms with E-state index in [4.69, 9.17) is 8.85 Å². The molecule has 0 amide bonds. The molecule has 0 aliphatic carbocycles. The van der Waals surface area contributed by atoms with E-state index in [2.05, 4.69) is 90.1 Å². The van der Waals surface area contributed by atoms with Gasteiger partial charge in [-0.15, -0.1) is 5.19 Å². The maximum Gasteiger partial charge on any atom is 0.134 e. The van der Waals surface area contributed by atoms with E-state index in [-0.39, 0.29) is 28.3 Å². The van der Waals surface area contributed by atoms with Gasteiger partial charge in [-0.25, -0.2) is 12.1 Å². The van der Waals surface area contributed by atoms with Crippen LogP contribution in [0.4, 0.5) is 0 Å². The van der Waals surface area contributed by atoms with Gasteiger partial charge in [-0.1, -0.05) is 0 Å². The fourth-order valence-electron chi connectivity index (χ4n) is 1.62. The molecule has 2 nitrogen and oxygen atoms in total. The second-order valence-corrected chi connectivity index (χ2v) is 10.2. The Kier molecular flexibility index (Phi) is 10.2. The molecule has 23 heavy (non-hydrogen) atoms. The molecular formula is C18H30FeO2Si2-6. The van der Waals surface area contributed by atoms with E-state index in [1.54, 1.807) is 0 Å². The van der Waals surface area contributed by atoms with E-state index in [1.807, 2.05) is 0 Å². The topological polar surface area (TPSA) is 18.5 Å². The molecule has 0 aliphatic rings. The van der Waals surface area contributed by atoms with E-state index < -0.39 is 19.5 Å². The maximum absolute atomic E-state index is 5.71. The molecule has 0 heterocycles. The van der Waals surface area contributed by atoms with Crippen LogP contribution in [0.5, 0.6) is 0 Å². The van der Waals surface area contributed by atoms with Crippen molar-refractivity contribution in [2.75, 3.05) is 0 Å². The zero-order chi connectivity index (χ0) is 16.6. The number of rotatable bonds is 4. The van der Waals surface area contributed by atoms with E-state index in [0.717, 1.165) is 0 Å². The van der Waals surface area contributed by atoms with Crippen molar-refractivity contribution in [3.63, 3.8) is 0 Å². The summed E-state index contributed by atoms with van der Waals surface area (Å²) in [7, 11) is -0.947. The molecule has 2 aromatic carbocycles. The molecule has 0 saturated heterocycles. The van der Waals surface area contributed by atoms with Crippen LogP contribution in [0, 0.1) is 0 Å². The van der Waals surface area contributed by atoms with Crippen LogP contribution in [-0.4, -0.2) is 30.7 Å². The van der Waals surface area contributed by atoms with E-state index in [9.17, 15) is 0 Å². The Balaban J connectivity index is 0.000000403. The van der Waals surface area contributed by atoms with Crippen LogP contribution in [0.2, 0.25) is 0 Å². The molecule has 0 saturated carbocycles. The molecule has 0 spiro atoms. The van der Waals surface area contributed by atoms with Gasteiger partial charge in [-0.3, -0.25) is 0 Å². The molecule has 0 fully saturated rings. The van der Waals surface area contributed by atoms with Crippen LogP contribution in [0.3, 0.4) is 0 Å². The van der Waals surface area contributed by atoms with Crippen LogP contribution < -0.4 is 10.4 Å². The van der Waals surface area contributed by atoms with Gasteiger partial charge in [0.25, 0.3) is 0 Å². The average Bonchev–Trinajstić information content (AvgIpc) is 3.07. The first-order valence-corrected chi connectivity index (χ1v) is 10.4. The van der Waals surface area contributed by atoms with Gasteiger partial charge in [-0.2, -0.15) is 12.1 Å². The molecular weight excluding hydrogens is 360 g/mol. The minimum atomic E-state index is -0.473. The average molecular weight is 390 g/mol. The molecule has 2 aromatic rings. The van der Waals surface area contributed by atoms with Crippen molar-refractivity contribution in [2.45, 2.75) is 52.7 Å². The standard InChI is InChI=1S/2C9H15OSi.Fe/c2*1-9(2,3)10-11-8-6-4-5-7-8;/h2*4-7H,11H2,1-3H3;/q-5;-1;. The van der Waals surface area contributed by atoms with Crippen LogP contribution in [0.15, 0.2) is 48.5 Å². The Bertz CT molecular complexity index is 446. The Morgan fingerprint density at radius 1 is 0.783 bits per heavy atom. The van der Waals surface area contributed by atoms with Crippen molar-refractivity contribution in [1.82, 2.24) is 0 Å². The summed E-state index contributed by atoms with van der Waals surface area (Å²) >= 11 is 0. The fourth-order valence-corrected chi connectivity index (χ4v) is 3.75. The summed E-state index contributed by atoms with van der Waals surface area (Å²) in [5, 5.41) is 2.78. The molecule has 0 unspecified atom stereocenters. The monoisotopic (exact) mass is 390 g/mol. The summed E-state index contributed by atoms with van der Waals surface area (Å²) in [5.41, 5.74) is 0.0625. The molecule has 0 aliphatic heterocycles. The Labute approximate surface area is 157 Å². The van der Waals surface area contributed by atoms with Crippen molar-refractivity contribution in [3.05, 3.63) is 48.5 Å².